The number of amides is 1. The van der Waals surface area contributed by atoms with E-state index in [2.05, 4.69) is 5.32 Å². The van der Waals surface area contributed by atoms with E-state index in [4.69, 9.17) is 4.74 Å². The van der Waals surface area contributed by atoms with Crippen molar-refractivity contribution in [3.05, 3.63) is 81.5 Å². The zero-order valence-electron chi connectivity index (χ0n) is 17.5. The molecule has 2 aromatic carbocycles. The van der Waals surface area contributed by atoms with Gasteiger partial charge < -0.3 is 15.2 Å². The van der Waals surface area contributed by atoms with Crippen molar-refractivity contribution in [2.75, 3.05) is 6.61 Å². The normalized spacial score (nSPS) is 13.2. The summed E-state index contributed by atoms with van der Waals surface area (Å²) < 4.78 is 5.41. The molecule has 1 heterocycles. The summed E-state index contributed by atoms with van der Waals surface area (Å²) in [5, 5.41) is 11.8. The second-order valence-corrected chi connectivity index (χ2v) is 8.78. The number of rotatable bonds is 8. The monoisotopic (exact) mass is 449 g/mol. The molecule has 164 valence electrons. The Morgan fingerprint density at radius 3 is 2.19 bits per heavy atom. The molecule has 1 amide bonds. The molecule has 1 aromatic heterocycles. The lowest BCUT2D eigenvalue weighted by atomic mass is 9.98. The first-order chi connectivity index (χ1) is 15.5. The topological polar surface area (TPSA) is 92.7 Å². The van der Waals surface area contributed by atoms with E-state index in [9.17, 15) is 19.5 Å². The fourth-order valence-electron chi connectivity index (χ4n) is 3.99. The first kappa shape index (κ1) is 21.8. The fraction of sp³-hybridized carbons (Fsp3) is 0.240. The second-order valence-electron chi connectivity index (χ2n) is 7.61. The largest absolute Gasteiger partial charge is 0.480 e. The lowest BCUT2D eigenvalue weighted by Gasteiger charge is -2.17. The summed E-state index contributed by atoms with van der Waals surface area (Å²) in [6.45, 7) is 2.06. The molecule has 1 aliphatic carbocycles. The molecule has 0 aliphatic heterocycles. The standard InChI is InChI=1S/C25H23NO5S/c1-2-15-11-12-23(32-15)22(27)13-21(24(28)29)26-25(30)31-14-20-18-9-5-3-7-16(18)17-8-4-6-10-19(17)20/h3-12,20-21H,2,13-14H2,1H3,(H,26,30)(H,28,29). The number of ether oxygens (including phenoxy) is 1. The van der Waals surface area contributed by atoms with Gasteiger partial charge in [-0.15, -0.1) is 11.3 Å². The summed E-state index contributed by atoms with van der Waals surface area (Å²) in [6.07, 6.45) is -0.380. The molecule has 4 rings (SSSR count). The van der Waals surface area contributed by atoms with Gasteiger partial charge in [-0.05, 0) is 40.8 Å². The van der Waals surface area contributed by atoms with Crippen LogP contribution in [0.4, 0.5) is 4.79 Å². The number of hydrogen-bond acceptors (Lipinski definition) is 5. The van der Waals surface area contributed by atoms with E-state index < -0.39 is 18.1 Å². The maximum absolute atomic E-state index is 12.5. The van der Waals surface area contributed by atoms with Gasteiger partial charge in [0.15, 0.2) is 5.78 Å². The van der Waals surface area contributed by atoms with E-state index in [0.717, 1.165) is 33.6 Å². The van der Waals surface area contributed by atoms with Gasteiger partial charge in [0, 0.05) is 17.2 Å². The molecule has 6 nitrogen and oxygen atoms in total. The number of carboxylic acid groups (broad SMARTS) is 1. The van der Waals surface area contributed by atoms with Crippen molar-refractivity contribution < 1.29 is 24.2 Å². The molecule has 0 spiro atoms. The van der Waals surface area contributed by atoms with Crippen LogP contribution in [0.2, 0.25) is 0 Å². The number of aliphatic carboxylic acids is 1. The van der Waals surface area contributed by atoms with E-state index in [1.54, 1.807) is 6.07 Å². The van der Waals surface area contributed by atoms with Gasteiger partial charge in [0.25, 0.3) is 0 Å². The first-order valence-electron chi connectivity index (χ1n) is 10.4. The van der Waals surface area contributed by atoms with Crippen LogP contribution in [0.5, 0.6) is 0 Å². The van der Waals surface area contributed by atoms with Crippen LogP contribution in [0, 0.1) is 0 Å². The Morgan fingerprint density at radius 1 is 1.00 bits per heavy atom. The number of aryl methyl sites for hydroxylation is 1. The van der Waals surface area contributed by atoms with Crippen molar-refractivity contribution in [3.63, 3.8) is 0 Å². The molecule has 7 heteroatoms. The van der Waals surface area contributed by atoms with Crippen molar-refractivity contribution in [1.82, 2.24) is 5.32 Å². The fourth-order valence-corrected chi connectivity index (χ4v) is 4.88. The molecule has 0 saturated carbocycles. The number of ketones is 1. The summed E-state index contributed by atoms with van der Waals surface area (Å²) in [7, 11) is 0. The van der Waals surface area contributed by atoms with Crippen LogP contribution in [0.1, 0.15) is 44.9 Å². The molecule has 0 saturated heterocycles. The summed E-state index contributed by atoms with van der Waals surface area (Å²) in [6, 6.07) is 18.1. The molecule has 0 radical (unpaired) electrons. The van der Waals surface area contributed by atoms with E-state index in [0.29, 0.717) is 4.88 Å². The number of carbonyl (C=O) groups excluding carboxylic acids is 2. The SMILES string of the molecule is CCc1ccc(C(=O)CC(NC(=O)OCC2c3ccccc3-c3ccccc32)C(=O)O)s1. The number of nitrogens with one attached hydrogen (secondary N) is 1. The summed E-state index contributed by atoms with van der Waals surface area (Å²) >= 11 is 1.34. The third-order valence-electron chi connectivity index (χ3n) is 5.61. The molecule has 3 aromatic rings. The Morgan fingerprint density at radius 2 is 1.62 bits per heavy atom. The zero-order chi connectivity index (χ0) is 22.7. The smallest absolute Gasteiger partial charge is 0.407 e. The number of alkyl carbamates (subject to hydrolysis) is 1. The Balaban J connectivity index is 1.40. The van der Waals surface area contributed by atoms with Crippen molar-refractivity contribution in [2.24, 2.45) is 0 Å². The molecule has 32 heavy (non-hydrogen) atoms. The van der Waals surface area contributed by atoms with Crippen molar-refractivity contribution in [1.29, 1.82) is 0 Å². The predicted molar refractivity (Wildman–Crippen MR) is 122 cm³/mol. The zero-order valence-corrected chi connectivity index (χ0v) is 18.4. The van der Waals surface area contributed by atoms with Gasteiger partial charge >= 0.3 is 12.1 Å². The molecular weight excluding hydrogens is 426 g/mol. The number of Topliss-reactive ketones (excluding diaryl/α,β-unsaturated/α-hetero) is 1. The van der Waals surface area contributed by atoms with Gasteiger partial charge in [0.1, 0.15) is 12.6 Å². The Hall–Kier alpha value is -3.45. The van der Waals surface area contributed by atoms with E-state index in [1.165, 1.54) is 11.3 Å². The summed E-state index contributed by atoms with van der Waals surface area (Å²) in [5.74, 6) is -1.73. The highest BCUT2D eigenvalue weighted by atomic mass is 32.1. The number of carbonyl (C=O) groups is 3. The van der Waals surface area contributed by atoms with Gasteiger partial charge in [-0.1, -0.05) is 55.5 Å². The second kappa shape index (κ2) is 9.36. The van der Waals surface area contributed by atoms with Crippen molar-refractivity contribution >= 4 is 29.2 Å². The van der Waals surface area contributed by atoms with Crippen LogP contribution < -0.4 is 5.32 Å². The van der Waals surface area contributed by atoms with E-state index in [-0.39, 0.29) is 24.7 Å². The minimum atomic E-state index is -1.36. The summed E-state index contributed by atoms with van der Waals surface area (Å²) in [5.41, 5.74) is 4.34. The minimum Gasteiger partial charge on any atom is -0.480 e. The van der Waals surface area contributed by atoms with Gasteiger partial charge in [-0.25, -0.2) is 9.59 Å². The van der Waals surface area contributed by atoms with Crippen LogP contribution >= 0.6 is 11.3 Å². The van der Waals surface area contributed by atoms with Gasteiger partial charge in [0.2, 0.25) is 0 Å². The lowest BCUT2D eigenvalue weighted by molar-refractivity contribution is -0.139. The van der Waals surface area contributed by atoms with Crippen LogP contribution in [0.3, 0.4) is 0 Å². The molecule has 0 fully saturated rings. The predicted octanol–water partition coefficient (Wildman–Crippen LogP) is 4.88. The molecule has 1 atom stereocenters. The number of benzene rings is 2. The highest BCUT2D eigenvalue weighted by Gasteiger charge is 2.30. The van der Waals surface area contributed by atoms with E-state index in [1.807, 2.05) is 61.5 Å². The van der Waals surface area contributed by atoms with Crippen molar-refractivity contribution in [2.45, 2.75) is 31.7 Å². The maximum Gasteiger partial charge on any atom is 0.407 e. The van der Waals surface area contributed by atoms with Crippen LogP contribution in [-0.4, -0.2) is 35.6 Å². The summed E-state index contributed by atoms with van der Waals surface area (Å²) in [4.78, 5) is 38.0. The van der Waals surface area contributed by atoms with Crippen LogP contribution in [-0.2, 0) is 16.0 Å². The van der Waals surface area contributed by atoms with Gasteiger partial charge in [-0.2, -0.15) is 0 Å². The molecule has 2 N–H and O–H groups in total. The maximum atomic E-state index is 12.5. The van der Waals surface area contributed by atoms with Crippen molar-refractivity contribution in [3.8, 4) is 11.1 Å². The van der Waals surface area contributed by atoms with Crippen LogP contribution in [0.25, 0.3) is 11.1 Å². The first-order valence-corrected chi connectivity index (χ1v) is 11.3. The lowest BCUT2D eigenvalue weighted by Crippen LogP contribution is -2.42. The number of hydrogen-bond donors (Lipinski definition) is 2. The molecule has 1 unspecified atom stereocenters. The van der Waals surface area contributed by atoms with Gasteiger partial charge in [0.05, 0.1) is 4.88 Å². The Kier molecular flexibility index (Phi) is 6.37. The molecule has 1 aliphatic rings. The highest BCUT2D eigenvalue weighted by molar-refractivity contribution is 7.14. The number of carboxylic acids is 1. The quantitative estimate of drug-likeness (QED) is 0.479. The average Bonchev–Trinajstić information content (AvgIpc) is 3.40. The van der Waals surface area contributed by atoms with Crippen LogP contribution in [0.15, 0.2) is 60.7 Å². The number of fused-ring (bicyclic) bond motifs is 3. The minimum absolute atomic E-state index is 0.0743. The molecular formula is C25H23NO5S. The molecule has 0 bridgehead atoms. The number of thiophene rings is 1. The third kappa shape index (κ3) is 4.43. The highest BCUT2D eigenvalue weighted by Crippen LogP contribution is 2.44. The third-order valence-corrected chi connectivity index (χ3v) is 6.88. The average molecular weight is 450 g/mol. The van der Waals surface area contributed by atoms with E-state index >= 15 is 0 Å². The van der Waals surface area contributed by atoms with Gasteiger partial charge in [-0.3, -0.25) is 4.79 Å². The Bertz CT molecular complexity index is 1120. The Labute approximate surface area is 189 Å².